The molecule has 0 atom stereocenters. The van der Waals surface area contributed by atoms with Gasteiger partial charge in [0.1, 0.15) is 11.5 Å². The monoisotopic (exact) mass is 306 g/mol. The van der Waals surface area contributed by atoms with E-state index in [4.69, 9.17) is 9.47 Å². The van der Waals surface area contributed by atoms with Gasteiger partial charge in [-0.1, -0.05) is 25.7 Å². The highest BCUT2D eigenvalue weighted by molar-refractivity contribution is 5.93. The van der Waals surface area contributed by atoms with E-state index in [1.165, 1.54) is 38.5 Å². The van der Waals surface area contributed by atoms with Crippen molar-refractivity contribution < 1.29 is 14.3 Å². The van der Waals surface area contributed by atoms with Gasteiger partial charge in [0.15, 0.2) is 0 Å². The molecule has 0 saturated heterocycles. The van der Waals surface area contributed by atoms with Crippen LogP contribution in [0.2, 0.25) is 0 Å². The summed E-state index contributed by atoms with van der Waals surface area (Å²) in [7, 11) is 3.18. The van der Waals surface area contributed by atoms with E-state index < -0.39 is 0 Å². The molecule has 1 saturated carbocycles. The Kier molecular flexibility index (Phi) is 6.52. The molecule has 22 heavy (non-hydrogen) atoms. The molecule has 5 nitrogen and oxygen atoms in total. The first-order valence-electron chi connectivity index (χ1n) is 7.98. The summed E-state index contributed by atoms with van der Waals surface area (Å²) in [5, 5.41) is 6.25. The fourth-order valence-corrected chi connectivity index (χ4v) is 2.82. The minimum Gasteiger partial charge on any atom is -0.497 e. The predicted molar refractivity (Wildman–Crippen MR) is 87.7 cm³/mol. The van der Waals surface area contributed by atoms with Gasteiger partial charge >= 0.3 is 0 Å². The maximum atomic E-state index is 12.1. The number of carbonyl (C=O) groups is 1. The number of rotatable bonds is 6. The minimum atomic E-state index is -0.0484. The Morgan fingerprint density at radius 1 is 1.14 bits per heavy atom. The van der Waals surface area contributed by atoms with Crippen LogP contribution in [0.5, 0.6) is 11.5 Å². The van der Waals surface area contributed by atoms with Gasteiger partial charge in [-0.25, -0.2) is 0 Å². The number of hydrogen-bond acceptors (Lipinski definition) is 4. The molecule has 0 bridgehead atoms. The zero-order chi connectivity index (χ0) is 15.8. The summed E-state index contributed by atoms with van der Waals surface area (Å²) in [5.41, 5.74) is 0.663. The highest BCUT2D eigenvalue weighted by Gasteiger charge is 2.14. The van der Waals surface area contributed by atoms with E-state index in [-0.39, 0.29) is 5.91 Å². The second-order valence-electron chi connectivity index (χ2n) is 5.68. The number of carbonyl (C=O) groups excluding carboxylic acids is 1. The molecule has 1 fully saturated rings. The molecule has 122 valence electrons. The van der Waals surface area contributed by atoms with E-state index in [9.17, 15) is 4.79 Å². The largest absolute Gasteiger partial charge is 0.497 e. The van der Waals surface area contributed by atoms with E-state index in [1.807, 2.05) is 0 Å². The van der Waals surface area contributed by atoms with E-state index in [2.05, 4.69) is 10.6 Å². The topological polar surface area (TPSA) is 59.6 Å². The average Bonchev–Trinajstić information content (AvgIpc) is 2.82. The van der Waals surface area contributed by atoms with Gasteiger partial charge in [-0.2, -0.15) is 0 Å². The molecule has 1 aliphatic rings. The summed E-state index contributed by atoms with van der Waals surface area (Å²) in [6, 6.07) is 5.82. The SMILES string of the molecule is COc1ccc(NC(=O)CNC2CCCCCC2)c(OC)c1. The van der Waals surface area contributed by atoms with E-state index in [1.54, 1.807) is 32.4 Å². The third-order valence-electron chi connectivity index (χ3n) is 4.09. The lowest BCUT2D eigenvalue weighted by Crippen LogP contribution is -2.35. The number of benzene rings is 1. The third kappa shape index (κ3) is 4.91. The highest BCUT2D eigenvalue weighted by Crippen LogP contribution is 2.28. The molecule has 1 amide bonds. The second-order valence-corrected chi connectivity index (χ2v) is 5.68. The van der Waals surface area contributed by atoms with Crippen molar-refractivity contribution in [2.45, 2.75) is 44.6 Å². The average molecular weight is 306 g/mol. The molecule has 0 heterocycles. The van der Waals surface area contributed by atoms with Crippen LogP contribution in [-0.4, -0.2) is 32.7 Å². The Labute approximate surface area is 132 Å². The summed E-state index contributed by atoms with van der Waals surface area (Å²) in [4.78, 5) is 12.1. The number of methoxy groups -OCH3 is 2. The lowest BCUT2D eigenvalue weighted by Gasteiger charge is -2.16. The summed E-state index contributed by atoms with van der Waals surface area (Å²) >= 11 is 0. The van der Waals surface area contributed by atoms with Crippen molar-refractivity contribution in [3.8, 4) is 11.5 Å². The fraction of sp³-hybridized carbons (Fsp3) is 0.588. The fourth-order valence-electron chi connectivity index (χ4n) is 2.82. The van der Waals surface area contributed by atoms with Crippen LogP contribution in [0.25, 0.3) is 0 Å². The molecule has 1 aliphatic carbocycles. The molecule has 0 aromatic heterocycles. The van der Waals surface area contributed by atoms with Crippen molar-refractivity contribution in [3.63, 3.8) is 0 Å². The lowest BCUT2D eigenvalue weighted by atomic mass is 10.1. The lowest BCUT2D eigenvalue weighted by molar-refractivity contribution is -0.115. The van der Waals surface area contributed by atoms with Gasteiger partial charge in [-0.15, -0.1) is 0 Å². The van der Waals surface area contributed by atoms with Crippen molar-refractivity contribution in [1.29, 1.82) is 0 Å². The molecular weight excluding hydrogens is 280 g/mol. The van der Waals surface area contributed by atoms with Crippen molar-refractivity contribution in [3.05, 3.63) is 18.2 Å². The van der Waals surface area contributed by atoms with Crippen molar-refractivity contribution in [2.75, 3.05) is 26.1 Å². The molecule has 0 unspecified atom stereocenters. The molecule has 1 aromatic rings. The molecule has 2 N–H and O–H groups in total. The summed E-state index contributed by atoms with van der Waals surface area (Å²) in [6.07, 6.45) is 7.47. The smallest absolute Gasteiger partial charge is 0.238 e. The molecule has 0 radical (unpaired) electrons. The van der Waals surface area contributed by atoms with Gasteiger partial charge in [-0.3, -0.25) is 4.79 Å². The molecule has 2 rings (SSSR count). The quantitative estimate of drug-likeness (QED) is 0.793. The minimum absolute atomic E-state index is 0.0484. The standard InChI is InChI=1S/C17H26N2O3/c1-21-14-9-10-15(16(11-14)22-2)19-17(20)12-18-13-7-5-3-4-6-8-13/h9-11,13,18H,3-8,12H2,1-2H3,(H,19,20). The number of hydrogen-bond donors (Lipinski definition) is 2. The van der Waals surface area contributed by atoms with Gasteiger partial charge in [-0.05, 0) is 25.0 Å². The Morgan fingerprint density at radius 2 is 1.86 bits per heavy atom. The zero-order valence-electron chi connectivity index (χ0n) is 13.5. The molecule has 5 heteroatoms. The normalized spacial score (nSPS) is 15.9. The maximum Gasteiger partial charge on any atom is 0.238 e. The Hall–Kier alpha value is -1.75. The third-order valence-corrected chi connectivity index (χ3v) is 4.09. The van der Waals surface area contributed by atoms with Gasteiger partial charge in [0.05, 0.1) is 26.5 Å². The predicted octanol–water partition coefficient (Wildman–Crippen LogP) is 2.95. The van der Waals surface area contributed by atoms with Crippen molar-refractivity contribution in [1.82, 2.24) is 5.32 Å². The number of anilines is 1. The first-order chi connectivity index (χ1) is 10.7. The molecule has 0 spiro atoms. The Morgan fingerprint density at radius 3 is 2.50 bits per heavy atom. The zero-order valence-corrected chi connectivity index (χ0v) is 13.5. The molecular formula is C17H26N2O3. The summed E-state index contributed by atoms with van der Waals surface area (Å²) < 4.78 is 10.4. The summed E-state index contributed by atoms with van der Waals surface area (Å²) in [6.45, 7) is 0.333. The van der Waals surface area contributed by atoms with Gasteiger partial charge < -0.3 is 20.1 Å². The van der Waals surface area contributed by atoms with Crippen LogP contribution in [0, 0.1) is 0 Å². The van der Waals surface area contributed by atoms with Crippen LogP contribution in [0.3, 0.4) is 0 Å². The highest BCUT2D eigenvalue weighted by atomic mass is 16.5. The van der Waals surface area contributed by atoms with Crippen LogP contribution < -0.4 is 20.1 Å². The first-order valence-corrected chi connectivity index (χ1v) is 7.98. The van der Waals surface area contributed by atoms with E-state index >= 15 is 0 Å². The number of amides is 1. The van der Waals surface area contributed by atoms with Crippen molar-refractivity contribution >= 4 is 11.6 Å². The number of nitrogens with one attached hydrogen (secondary N) is 2. The van der Waals surface area contributed by atoms with E-state index in [0.29, 0.717) is 29.8 Å². The Bertz CT molecular complexity index is 483. The summed E-state index contributed by atoms with van der Waals surface area (Å²) in [5.74, 6) is 1.25. The van der Waals surface area contributed by atoms with Crippen LogP contribution >= 0.6 is 0 Å². The van der Waals surface area contributed by atoms with Gasteiger partial charge in [0.2, 0.25) is 5.91 Å². The van der Waals surface area contributed by atoms with Crippen molar-refractivity contribution in [2.24, 2.45) is 0 Å². The van der Waals surface area contributed by atoms with Gasteiger partial charge in [0.25, 0.3) is 0 Å². The van der Waals surface area contributed by atoms with Crippen LogP contribution in [0.1, 0.15) is 38.5 Å². The van der Waals surface area contributed by atoms with Crippen LogP contribution in [0.15, 0.2) is 18.2 Å². The van der Waals surface area contributed by atoms with Crippen LogP contribution in [0.4, 0.5) is 5.69 Å². The molecule has 0 aliphatic heterocycles. The van der Waals surface area contributed by atoms with Crippen LogP contribution in [-0.2, 0) is 4.79 Å². The number of ether oxygens (including phenoxy) is 2. The first kappa shape index (κ1) is 16.6. The van der Waals surface area contributed by atoms with E-state index in [0.717, 1.165) is 0 Å². The maximum absolute atomic E-state index is 12.1. The molecule has 1 aromatic carbocycles. The second kappa shape index (κ2) is 8.63. The van der Waals surface area contributed by atoms with Gasteiger partial charge in [0, 0.05) is 12.1 Å². The Balaban J connectivity index is 1.86.